The van der Waals surface area contributed by atoms with Crippen LogP contribution in [-0.4, -0.2) is 24.9 Å². The number of aryl methyl sites for hydroxylation is 1. The molecule has 0 saturated carbocycles. The third-order valence-corrected chi connectivity index (χ3v) is 3.17. The van der Waals surface area contributed by atoms with Gasteiger partial charge in [0.2, 0.25) is 5.91 Å². The summed E-state index contributed by atoms with van der Waals surface area (Å²) in [6, 6.07) is 5.52. The van der Waals surface area contributed by atoms with Gasteiger partial charge in [0.25, 0.3) is 5.91 Å². The molecule has 0 aliphatic heterocycles. The highest BCUT2D eigenvalue weighted by atomic mass is 79.9. The van der Waals surface area contributed by atoms with E-state index in [0.29, 0.717) is 18.0 Å². The third kappa shape index (κ3) is 5.42. The van der Waals surface area contributed by atoms with Gasteiger partial charge in [0.15, 0.2) is 0 Å². The molecule has 0 atom stereocenters. The second kappa shape index (κ2) is 7.28. The molecule has 0 spiro atoms. The molecule has 0 aromatic heterocycles. The molecule has 1 aromatic carbocycles. The number of benzene rings is 1. The summed E-state index contributed by atoms with van der Waals surface area (Å²) >= 11 is 3.33. The lowest BCUT2D eigenvalue weighted by Gasteiger charge is -2.09. The summed E-state index contributed by atoms with van der Waals surface area (Å²) < 4.78 is 0.721. The molecule has 0 unspecified atom stereocenters. The number of halogens is 1. The van der Waals surface area contributed by atoms with E-state index in [1.807, 2.05) is 32.9 Å². The topological polar surface area (TPSA) is 58.2 Å². The molecule has 0 bridgehead atoms. The van der Waals surface area contributed by atoms with Gasteiger partial charge in [-0.15, -0.1) is 0 Å². The summed E-state index contributed by atoms with van der Waals surface area (Å²) in [5.74, 6) is -0.0355. The smallest absolute Gasteiger partial charge is 0.252 e. The predicted molar refractivity (Wildman–Crippen MR) is 79.1 cm³/mol. The second-order valence-electron chi connectivity index (χ2n) is 4.86. The number of rotatable bonds is 5. The Labute approximate surface area is 122 Å². The van der Waals surface area contributed by atoms with Crippen LogP contribution in [0.2, 0.25) is 0 Å². The molecule has 1 rings (SSSR count). The molecule has 4 nitrogen and oxygen atoms in total. The van der Waals surface area contributed by atoms with Crippen molar-refractivity contribution in [3.8, 4) is 0 Å². The van der Waals surface area contributed by atoms with E-state index >= 15 is 0 Å². The molecule has 0 aliphatic carbocycles. The summed E-state index contributed by atoms with van der Waals surface area (Å²) in [5.41, 5.74) is 1.54. The first kappa shape index (κ1) is 15.7. The Morgan fingerprint density at radius 3 is 2.58 bits per heavy atom. The highest BCUT2D eigenvalue weighted by Gasteiger charge is 2.11. The van der Waals surface area contributed by atoms with Gasteiger partial charge in [-0.05, 0) is 40.9 Å². The fraction of sp³-hybridized carbons (Fsp3) is 0.429. The van der Waals surface area contributed by atoms with Gasteiger partial charge in [-0.25, -0.2) is 0 Å². The maximum Gasteiger partial charge on any atom is 0.252 e. The quantitative estimate of drug-likeness (QED) is 0.872. The highest BCUT2D eigenvalue weighted by Crippen LogP contribution is 2.17. The maximum absolute atomic E-state index is 11.9. The van der Waals surface area contributed by atoms with Gasteiger partial charge in [0.05, 0.1) is 12.1 Å². The zero-order valence-corrected chi connectivity index (χ0v) is 13.0. The SMILES string of the molecule is Cc1ccc(Br)c(C(=O)NCC(=O)NCC(C)C)c1. The van der Waals surface area contributed by atoms with Crippen LogP contribution >= 0.6 is 15.9 Å². The Kier molecular flexibility index (Phi) is 6.02. The van der Waals surface area contributed by atoms with Gasteiger partial charge in [-0.1, -0.05) is 25.5 Å². The number of nitrogens with one attached hydrogen (secondary N) is 2. The van der Waals surface area contributed by atoms with E-state index in [2.05, 4.69) is 26.6 Å². The molecule has 5 heteroatoms. The van der Waals surface area contributed by atoms with E-state index in [4.69, 9.17) is 0 Å². The van der Waals surface area contributed by atoms with Crippen LogP contribution < -0.4 is 10.6 Å². The average molecular weight is 327 g/mol. The highest BCUT2D eigenvalue weighted by molar-refractivity contribution is 9.10. The Morgan fingerprint density at radius 2 is 1.95 bits per heavy atom. The zero-order chi connectivity index (χ0) is 14.4. The molecule has 2 amide bonds. The van der Waals surface area contributed by atoms with Crippen LogP contribution in [0.3, 0.4) is 0 Å². The van der Waals surface area contributed by atoms with Gasteiger partial charge in [-0.2, -0.15) is 0 Å². The standard InChI is InChI=1S/C14H19BrN2O2/c1-9(2)7-16-13(18)8-17-14(19)11-6-10(3)4-5-12(11)15/h4-6,9H,7-8H2,1-3H3,(H,16,18)(H,17,19). The van der Waals surface area contributed by atoms with E-state index in [9.17, 15) is 9.59 Å². The summed E-state index contributed by atoms with van der Waals surface area (Å²) in [4.78, 5) is 23.4. The van der Waals surface area contributed by atoms with Crippen molar-refractivity contribution in [1.82, 2.24) is 10.6 Å². The zero-order valence-electron chi connectivity index (χ0n) is 11.4. The molecular formula is C14H19BrN2O2. The van der Waals surface area contributed by atoms with Gasteiger partial charge in [-0.3, -0.25) is 9.59 Å². The molecule has 0 aliphatic rings. The lowest BCUT2D eigenvalue weighted by atomic mass is 10.1. The van der Waals surface area contributed by atoms with E-state index < -0.39 is 0 Å². The van der Waals surface area contributed by atoms with Crippen LogP contribution in [0.1, 0.15) is 29.8 Å². The van der Waals surface area contributed by atoms with Crippen LogP contribution in [0.25, 0.3) is 0 Å². The minimum absolute atomic E-state index is 0.00800. The molecule has 0 fully saturated rings. The predicted octanol–water partition coefficient (Wildman–Crippen LogP) is 2.26. The molecule has 0 saturated heterocycles. The lowest BCUT2D eigenvalue weighted by molar-refractivity contribution is -0.120. The van der Waals surface area contributed by atoms with Crippen molar-refractivity contribution in [1.29, 1.82) is 0 Å². The largest absolute Gasteiger partial charge is 0.354 e. The van der Waals surface area contributed by atoms with Crippen molar-refractivity contribution in [3.63, 3.8) is 0 Å². The minimum atomic E-state index is -0.254. The minimum Gasteiger partial charge on any atom is -0.354 e. The summed E-state index contributed by atoms with van der Waals surface area (Å²) in [5, 5.41) is 5.36. The molecular weight excluding hydrogens is 308 g/mol. The molecule has 1 aromatic rings. The van der Waals surface area contributed by atoms with Gasteiger partial charge >= 0.3 is 0 Å². The van der Waals surface area contributed by atoms with Crippen LogP contribution in [0.15, 0.2) is 22.7 Å². The van der Waals surface area contributed by atoms with Crippen molar-refractivity contribution in [2.45, 2.75) is 20.8 Å². The number of hydrogen-bond acceptors (Lipinski definition) is 2. The summed E-state index contributed by atoms with van der Waals surface area (Å²) in [7, 11) is 0. The van der Waals surface area contributed by atoms with Crippen molar-refractivity contribution in [2.24, 2.45) is 5.92 Å². The fourth-order valence-corrected chi connectivity index (χ4v) is 1.88. The van der Waals surface area contributed by atoms with Crippen LogP contribution in [0.5, 0.6) is 0 Å². The van der Waals surface area contributed by atoms with Gasteiger partial charge in [0.1, 0.15) is 0 Å². The van der Waals surface area contributed by atoms with Crippen molar-refractivity contribution in [3.05, 3.63) is 33.8 Å². The van der Waals surface area contributed by atoms with E-state index in [-0.39, 0.29) is 18.4 Å². The van der Waals surface area contributed by atoms with Crippen LogP contribution in [0.4, 0.5) is 0 Å². The monoisotopic (exact) mass is 326 g/mol. The van der Waals surface area contributed by atoms with Crippen LogP contribution in [-0.2, 0) is 4.79 Å². The van der Waals surface area contributed by atoms with Crippen molar-refractivity contribution in [2.75, 3.05) is 13.1 Å². The second-order valence-corrected chi connectivity index (χ2v) is 5.72. The number of carbonyl (C=O) groups excluding carboxylic acids is 2. The number of amides is 2. The Bertz CT molecular complexity index is 473. The fourth-order valence-electron chi connectivity index (χ4n) is 1.45. The first-order valence-corrected chi connectivity index (χ1v) is 7.00. The Hall–Kier alpha value is -1.36. The molecule has 0 radical (unpaired) electrons. The number of carbonyl (C=O) groups is 2. The summed E-state index contributed by atoms with van der Waals surface area (Å²) in [6.45, 7) is 6.55. The Balaban J connectivity index is 2.51. The molecule has 104 valence electrons. The first-order chi connectivity index (χ1) is 8.90. The lowest BCUT2D eigenvalue weighted by Crippen LogP contribution is -2.38. The van der Waals surface area contributed by atoms with Gasteiger partial charge < -0.3 is 10.6 Å². The molecule has 19 heavy (non-hydrogen) atoms. The van der Waals surface area contributed by atoms with Crippen molar-refractivity contribution < 1.29 is 9.59 Å². The molecule has 0 heterocycles. The Morgan fingerprint density at radius 1 is 1.26 bits per heavy atom. The summed E-state index contributed by atoms with van der Waals surface area (Å²) in [6.07, 6.45) is 0. The number of hydrogen-bond donors (Lipinski definition) is 2. The normalized spacial score (nSPS) is 10.4. The van der Waals surface area contributed by atoms with Gasteiger partial charge in [0, 0.05) is 11.0 Å². The maximum atomic E-state index is 11.9. The first-order valence-electron chi connectivity index (χ1n) is 6.21. The van der Waals surface area contributed by atoms with Crippen molar-refractivity contribution >= 4 is 27.7 Å². The van der Waals surface area contributed by atoms with E-state index in [1.54, 1.807) is 6.07 Å². The molecule has 2 N–H and O–H groups in total. The van der Waals surface area contributed by atoms with E-state index in [0.717, 1.165) is 10.0 Å². The van der Waals surface area contributed by atoms with E-state index in [1.165, 1.54) is 0 Å². The third-order valence-electron chi connectivity index (χ3n) is 2.48. The average Bonchev–Trinajstić information content (AvgIpc) is 2.36. The van der Waals surface area contributed by atoms with Crippen LogP contribution in [0, 0.1) is 12.8 Å².